The maximum atomic E-state index is 12.2. The fourth-order valence-electron chi connectivity index (χ4n) is 2.35. The van der Waals surface area contributed by atoms with Crippen LogP contribution in [0, 0.1) is 0 Å². The first-order chi connectivity index (χ1) is 8.72. The second kappa shape index (κ2) is 6.01. The van der Waals surface area contributed by atoms with E-state index in [2.05, 4.69) is 31.3 Å². The summed E-state index contributed by atoms with van der Waals surface area (Å²) in [4.78, 5) is 14.1. The summed E-state index contributed by atoms with van der Waals surface area (Å²) in [5, 5.41) is 3.32. The first kappa shape index (κ1) is 13.1. The highest BCUT2D eigenvalue weighted by molar-refractivity contribution is 5.84. The molecule has 1 aromatic rings. The van der Waals surface area contributed by atoms with Crippen LogP contribution in [0.1, 0.15) is 32.3 Å². The van der Waals surface area contributed by atoms with E-state index in [4.69, 9.17) is 0 Å². The number of carbonyl (C=O) groups is 1. The fraction of sp³-hybridized carbons (Fsp3) is 0.533. The van der Waals surface area contributed by atoms with Gasteiger partial charge in [-0.2, -0.15) is 0 Å². The molecule has 98 valence electrons. The SMILES string of the molecule is CCC(C)N1CNC(CCc2ccccc2)C1=O. The zero-order valence-electron chi connectivity index (χ0n) is 11.2. The van der Waals surface area contributed by atoms with Crippen LogP contribution in [0.25, 0.3) is 0 Å². The van der Waals surface area contributed by atoms with E-state index >= 15 is 0 Å². The Morgan fingerprint density at radius 2 is 2.11 bits per heavy atom. The van der Waals surface area contributed by atoms with Crippen LogP contribution in [0.15, 0.2) is 30.3 Å². The highest BCUT2D eigenvalue weighted by Crippen LogP contribution is 2.14. The number of nitrogens with zero attached hydrogens (tertiary/aromatic N) is 1. The van der Waals surface area contributed by atoms with Gasteiger partial charge in [-0.15, -0.1) is 0 Å². The largest absolute Gasteiger partial charge is 0.326 e. The van der Waals surface area contributed by atoms with Gasteiger partial charge in [-0.05, 0) is 31.7 Å². The summed E-state index contributed by atoms with van der Waals surface area (Å²) in [5.41, 5.74) is 1.30. The van der Waals surface area contributed by atoms with Crippen molar-refractivity contribution < 1.29 is 4.79 Å². The minimum atomic E-state index is -0.000735. The van der Waals surface area contributed by atoms with E-state index in [1.807, 2.05) is 23.1 Å². The normalized spacial score (nSPS) is 21.3. The Labute approximate surface area is 109 Å². The Bertz CT molecular complexity index is 391. The molecular formula is C15H22N2O. The number of hydrogen-bond donors (Lipinski definition) is 1. The molecule has 0 radical (unpaired) electrons. The van der Waals surface area contributed by atoms with Gasteiger partial charge in [0.25, 0.3) is 0 Å². The van der Waals surface area contributed by atoms with Crippen molar-refractivity contribution >= 4 is 5.91 Å². The lowest BCUT2D eigenvalue weighted by Gasteiger charge is -2.22. The molecule has 1 N–H and O–H groups in total. The highest BCUT2D eigenvalue weighted by Gasteiger charge is 2.32. The second-order valence-electron chi connectivity index (χ2n) is 5.00. The summed E-state index contributed by atoms with van der Waals surface area (Å²) < 4.78 is 0. The third-order valence-corrected chi connectivity index (χ3v) is 3.78. The lowest BCUT2D eigenvalue weighted by molar-refractivity contribution is -0.130. The van der Waals surface area contributed by atoms with Gasteiger partial charge in [0.2, 0.25) is 5.91 Å². The maximum absolute atomic E-state index is 12.2. The van der Waals surface area contributed by atoms with Gasteiger partial charge < -0.3 is 4.90 Å². The summed E-state index contributed by atoms with van der Waals surface area (Å²) in [6, 6.07) is 10.7. The molecule has 1 aliphatic heterocycles. The van der Waals surface area contributed by atoms with Crippen LogP contribution in [0.5, 0.6) is 0 Å². The molecule has 1 aromatic carbocycles. The van der Waals surface area contributed by atoms with Crippen molar-refractivity contribution in [2.75, 3.05) is 6.67 Å². The molecule has 1 aliphatic rings. The quantitative estimate of drug-likeness (QED) is 0.863. The van der Waals surface area contributed by atoms with E-state index in [1.165, 1.54) is 5.56 Å². The van der Waals surface area contributed by atoms with Crippen LogP contribution >= 0.6 is 0 Å². The molecule has 18 heavy (non-hydrogen) atoms. The Kier molecular flexibility index (Phi) is 4.37. The van der Waals surface area contributed by atoms with E-state index in [1.54, 1.807) is 0 Å². The van der Waals surface area contributed by atoms with Crippen molar-refractivity contribution in [1.29, 1.82) is 0 Å². The minimum absolute atomic E-state index is 0.000735. The van der Waals surface area contributed by atoms with E-state index < -0.39 is 0 Å². The molecule has 1 saturated heterocycles. The van der Waals surface area contributed by atoms with Crippen LogP contribution in [-0.4, -0.2) is 29.6 Å². The first-order valence-corrected chi connectivity index (χ1v) is 6.80. The molecule has 2 unspecified atom stereocenters. The summed E-state index contributed by atoms with van der Waals surface area (Å²) >= 11 is 0. The summed E-state index contributed by atoms with van der Waals surface area (Å²) in [6.07, 6.45) is 2.85. The van der Waals surface area contributed by atoms with Gasteiger partial charge in [-0.3, -0.25) is 10.1 Å². The molecule has 0 aliphatic carbocycles. The highest BCUT2D eigenvalue weighted by atomic mass is 16.2. The van der Waals surface area contributed by atoms with E-state index in [0.29, 0.717) is 12.7 Å². The monoisotopic (exact) mass is 246 g/mol. The zero-order valence-corrected chi connectivity index (χ0v) is 11.2. The predicted molar refractivity (Wildman–Crippen MR) is 73.2 cm³/mol. The van der Waals surface area contributed by atoms with Crippen molar-refractivity contribution in [1.82, 2.24) is 10.2 Å². The number of benzene rings is 1. The molecule has 3 heteroatoms. The second-order valence-corrected chi connectivity index (χ2v) is 5.00. The Balaban J connectivity index is 1.87. The molecule has 0 bridgehead atoms. The molecule has 1 fully saturated rings. The van der Waals surface area contributed by atoms with E-state index in [-0.39, 0.29) is 11.9 Å². The van der Waals surface area contributed by atoms with Crippen LogP contribution in [0.3, 0.4) is 0 Å². The fourth-order valence-corrected chi connectivity index (χ4v) is 2.35. The smallest absolute Gasteiger partial charge is 0.241 e. The molecule has 0 saturated carbocycles. The molecule has 3 nitrogen and oxygen atoms in total. The minimum Gasteiger partial charge on any atom is -0.326 e. The van der Waals surface area contributed by atoms with Gasteiger partial charge in [0.1, 0.15) is 0 Å². The Morgan fingerprint density at radius 3 is 2.78 bits per heavy atom. The number of amides is 1. The average Bonchev–Trinajstić information content (AvgIpc) is 2.78. The molecule has 0 aromatic heterocycles. The summed E-state index contributed by atoms with van der Waals surface area (Å²) in [7, 11) is 0. The van der Waals surface area contributed by atoms with Crippen molar-refractivity contribution in [2.24, 2.45) is 0 Å². The van der Waals surface area contributed by atoms with Gasteiger partial charge in [-0.1, -0.05) is 37.3 Å². The van der Waals surface area contributed by atoms with Crippen molar-refractivity contribution in [3.63, 3.8) is 0 Å². The van der Waals surface area contributed by atoms with Crippen molar-refractivity contribution in [3.8, 4) is 0 Å². The maximum Gasteiger partial charge on any atom is 0.241 e. The van der Waals surface area contributed by atoms with Gasteiger partial charge in [-0.25, -0.2) is 0 Å². The zero-order chi connectivity index (χ0) is 13.0. The number of nitrogens with one attached hydrogen (secondary N) is 1. The first-order valence-electron chi connectivity index (χ1n) is 6.80. The molecule has 1 amide bonds. The van der Waals surface area contributed by atoms with Gasteiger partial charge in [0, 0.05) is 6.04 Å². The molecule has 2 atom stereocenters. The van der Waals surface area contributed by atoms with Crippen LogP contribution in [0.2, 0.25) is 0 Å². The molecule has 1 heterocycles. The van der Waals surface area contributed by atoms with Crippen molar-refractivity contribution in [2.45, 2.75) is 45.2 Å². The average molecular weight is 246 g/mol. The van der Waals surface area contributed by atoms with Crippen LogP contribution in [0.4, 0.5) is 0 Å². The lowest BCUT2D eigenvalue weighted by Crippen LogP contribution is -2.36. The van der Waals surface area contributed by atoms with E-state index in [0.717, 1.165) is 19.3 Å². The Hall–Kier alpha value is -1.35. The summed E-state index contributed by atoms with van der Waals surface area (Å²) in [6.45, 7) is 4.93. The third kappa shape index (κ3) is 2.91. The van der Waals surface area contributed by atoms with Crippen LogP contribution < -0.4 is 5.32 Å². The Morgan fingerprint density at radius 1 is 1.39 bits per heavy atom. The number of hydrogen-bond acceptors (Lipinski definition) is 2. The summed E-state index contributed by atoms with van der Waals surface area (Å²) in [5.74, 6) is 0.264. The third-order valence-electron chi connectivity index (χ3n) is 3.78. The van der Waals surface area contributed by atoms with Gasteiger partial charge in [0.15, 0.2) is 0 Å². The van der Waals surface area contributed by atoms with E-state index in [9.17, 15) is 4.79 Å². The predicted octanol–water partition coefficient (Wildman–Crippen LogP) is 2.18. The van der Waals surface area contributed by atoms with Gasteiger partial charge >= 0.3 is 0 Å². The topological polar surface area (TPSA) is 32.3 Å². The number of rotatable bonds is 5. The molecule has 0 spiro atoms. The van der Waals surface area contributed by atoms with Crippen LogP contribution in [-0.2, 0) is 11.2 Å². The molecule has 2 rings (SSSR count). The molecular weight excluding hydrogens is 224 g/mol. The number of aryl methyl sites for hydroxylation is 1. The van der Waals surface area contributed by atoms with Gasteiger partial charge in [0.05, 0.1) is 12.7 Å². The van der Waals surface area contributed by atoms with Crippen molar-refractivity contribution in [3.05, 3.63) is 35.9 Å². The lowest BCUT2D eigenvalue weighted by atomic mass is 10.1. The number of carbonyl (C=O) groups excluding carboxylic acids is 1. The standard InChI is InChI=1S/C15H22N2O/c1-3-12(2)17-11-16-14(15(17)18)10-9-13-7-5-4-6-8-13/h4-8,12,14,16H,3,9-11H2,1-2H3.